The zero-order valence-electron chi connectivity index (χ0n) is 16.1. The fraction of sp³-hybridized carbons (Fsp3) is 0.714. The van der Waals surface area contributed by atoms with Crippen LogP contribution in [0.5, 0.6) is 0 Å². The lowest BCUT2D eigenvalue weighted by Gasteiger charge is -2.27. The summed E-state index contributed by atoms with van der Waals surface area (Å²) in [6.07, 6.45) is 9.29. The van der Waals surface area contributed by atoms with Gasteiger partial charge in [0, 0.05) is 6.04 Å². The van der Waals surface area contributed by atoms with Crippen molar-refractivity contribution in [3.05, 3.63) is 35.9 Å². The molecule has 1 unspecified atom stereocenters. The standard InChI is InChI=1S/C21H36N2.2ClH/c1-19(2)12-13-21(18-20-10-5-3-6-11-20)22-14-9-17-23-15-7-4-8-16-23;;/h3,5-6,10-11,19,21-22H,4,7-9,12-18H2,1-2H3;2*1H. The van der Waals surface area contributed by atoms with Gasteiger partial charge in [-0.25, -0.2) is 0 Å². The molecule has 1 saturated heterocycles. The molecule has 1 atom stereocenters. The van der Waals surface area contributed by atoms with Gasteiger partial charge in [0.15, 0.2) is 0 Å². The van der Waals surface area contributed by atoms with Gasteiger partial charge in [-0.3, -0.25) is 0 Å². The minimum absolute atomic E-state index is 0. The molecule has 4 heteroatoms. The molecule has 146 valence electrons. The van der Waals surface area contributed by atoms with Crippen LogP contribution < -0.4 is 5.32 Å². The van der Waals surface area contributed by atoms with Gasteiger partial charge in [0.2, 0.25) is 0 Å². The van der Waals surface area contributed by atoms with E-state index in [4.69, 9.17) is 0 Å². The van der Waals surface area contributed by atoms with Crippen LogP contribution in [-0.2, 0) is 6.42 Å². The summed E-state index contributed by atoms with van der Waals surface area (Å²) in [5.41, 5.74) is 1.46. The molecular weight excluding hydrogens is 351 g/mol. The van der Waals surface area contributed by atoms with Crippen LogP contribution in [-0.4, -0.2) is 37.1 Å². The van der Waals surface area contributed by atoms with E-state index in [9.17, 15) is 0 Å². The van der Waals surface area contributed by atoms with E-state index in [1.165, 1.54) is 63.7 Å². The zero-order valence-corrected chi connectivity index (χ0v) is 17.7. The van der Waals surface area contributed by atoms with Gasteiger partial charge in [0.25, 0.3) is 0 Å². The summed E-state index contributed by atoms with van der Waals surface area (Å²) in [7, 11) is 0. The third-order valence-corrected chi connectivity index (χ3v) is 4.95. The maximum absolute atomic E-state index is 3.84. The van der Waals surface area contributed by atoms with E-state index in [1.807, 2.05) is 0 Å². The van der Waals surface area contributed by atoms with Crippen LogP contribution in [0.25, 0.3) is 0 Å². The molecule has 1 aromatic carbocycles. The van der Waals surface area contributed by atoms with Crippen molar-refractivity contribution in [2.45, 2.75) is 64.8 Å². The Balaban J connectivity index is 0.00000288. The molecule has 0 aliphatic carbocycles. The number of nitrogens with one attached hydrogen (secondary N) is 1. The lowest BCUT2D eigenvalue weighted by atomic mass is 9.97. The maximum Gasteiger partial charge on any atom is 0.0108 e. The fourth-order valence-corrected chi connectivity index (χ4v) is 3.50. The molecule has 0 radical (unpaired) electrons. The Morgan fingerprint density at radius 3 is 2.28 bits per heavy atom. The van der Waals surface area contributed by atoms with E-state index in [1.54, 1.807) is 0 Å². The number of hydrogen-bond donors (Lipinski definition) is 1. The van der Waals surface area contributed by atoms with E-state index >= 15 is 0 Å². The van der Waals surface area contributed by atoms with Gasteiger partial charge in [-0.15, -0.1) is 24.8 Å². The van der Waals surface area contributed by atoms with Gasteiger partial charge in [-0.05, 0) is 76.2 Å². The van der Waals surface area contributed by atoms with Gasteiger partial charge in [0.1, 0.15) is 0 Å². The Morgan fingerprint density at radius 2 is 1.64 bits per heavy atom. The molecule has 0 spiro atoms. The second-order valence-electron chi connectivity index (χ2n) is 7.57. The molecule has 1 fully saturated rings. The quantitative estimate of drug-likeness (QED) is 0.543. The van der Waals surface area contributed by atoms with Gasteiger partial charge in [-0.2, -0.15) is 0 Å². The van der Waals surface area contributed by atoms with E-state index < -0.39 is 0 Å². The van der Waals surface area contributed by atoms with Crippen molar-refractivity contribution >= 4 is 24.8 Å². The summed E-state index contributed by atoms with van der Waals surface area (Å²) in [4.78, 5) is 2.64. The highest BCUT2D eigenvalue weighted by Crippen LogP contribution is 2.12. The molecule has 0 aromatic heterocycles. The summed E-state index contributed by atoms with van der Waals surface area (Å²) in [5.74, 6) is 0.795. The molecule has 2 rings (SSSR count). The molecule has 0 amide bonds. The Bertz CT molecular complexity index is 406. The largest absolute Gasteiger partial charge is 0.314 e. The van der Waals surface area contributed by atoms with E-state index in [2.05, 4.69) is 54.4 Å². The van der Waals surface area contributed by atoms with Gasteiger partial charge in [-0.1, -0.05) is 50.6 Å². The summed E-state index contributed by atoms with van der Waals surface area (Å²) in [6, 6.07) is 11.6. The van der Waals surface area contributed by atoms with E-state index in [0.717, 1.165) is 18.9 Å². The van der Waals surface area contributed by atoms with Crippen molar-refractivity contribution in [3.8, 4) is 0 Å². The molecule has 1 aromatic rings. The predicted molar refractivity (Wildman–Crippen MR) is 115 cm³/mol. The molecule has 25 heavy (non-hydrogen) atoms. The van der Waals surface area contributed by atoms with Gasteiger partial charge in [0.05, 0.1) is 0 Å². The number of likely N-dealkylation sites (tertiary alicyclic amines) is 1. The predicted octanol–water partition coefficient (Wildman–Crippen LogP) is 5.34. The van der Waals surface area contributed by atoms with Crippen LogP contribution in [0.15, 0.2) is 30.3 Å². The van der Waals surface area contributed by atoms with Crippen LogP contribution >= 0.6 is 24.8 Å². The molecule has 1 N–H and O–H groups in total. The number of benzene rings is 1. The highest BCUT2D eigenvalue weighted by atomic mass is 35.5. The molecule has 1 aliphatic heterocycles. The Kier molecular flexibility index (Phi) is 14.7. The number of piperidine rings is 1. The summed E-state index contributed by atoms with van der Waals surface area (Å²) in [6.45, 7) is 9.73. The number of rotatable bonds is 10. The molecule has 0 bridgehead atoms. The van der Waals surface area contributed by atoms with Crippen LogP contribution in [0.1, 0.15) is 57.9 Å². The molecule has 1 aliphatic rings. The number of nitrogens with zero attached hydrogens (tertiary/aromatic N) is 1. The van der Waals surface area contributed by atoms with Crippen molar-refractivity contribution in [2.75, 3.05) is 26.2 Å². The topological polar surface area (TPSA) is 15.3 Å². The summed E-state index contributed by atoms with van der Waals surface area (Å²) in [5, 5.41) is 3.84. The normalized spacial score (nSPS) is 16.1. The SMILES string of the molecule is CC(C)CCC(Cc1ccccc1)NCCCN1CCCCC1.Cl.Cl. The fourth-order valence-electron chi connectivity index (χ4n) is 3.50. The minimum Gasteiger partial charge on any atom is -0.314 e. The second-order valence-corrected chi connectivity index (χ2v) is 7.57. The van der Waals surface area contributed by atoms with Crippen LogP contribution in [0.2, 0.25) is 0 Å². The lowest BCUT2D eigenvalue weighted by molar-refractivity contribution is 0.224. The van der Waals surface area contributed by atoms with Crippen LogP contribution in [0, 0.1) is 5.92 Å². The third kappa shape index (κ3) is 11.1. The average Bonchev–Trinajstić information content (AvgIpc) is 2.58. The van der Waals surface area contributed by atoms with Crippen molar-refractivity contribution in [1.82, 2.24) is 10.2 Å². The van der Waals surface area contributed by atoms with Crippen molar-refractivity contribution in [2.24, 2.45) is 5.92 Å². The molecule has 0 saturated carbocycles. The van der Waals surface area contributed by atoms with Crippen molar-refractivity contribution in [1.29, 1.82) is 0 Å². The van der Waals surface area contributed by atoms with Crippen LogP contribution in [0.3, 0.4) is 0 Å². The number of hydrogen-bond acceptors (Lipinski definition) is 2. The first-order valence-corrected chi connectivity index (χ1v) is 9.73. The Morgan fingerprint density at radius 1 is 0.960 bits per heavy atom. The first kappa shape index (κ1) is 24.7. The van der Waals surface area contributed by atoms with Crippen molar-refractivity contribution in [3.63, 3.8) is 0 Å². The summed E-state index contributed by atoms with van der Waals surface area (Å²) >= 11 is 0. The Labute approximate surface area is 168 Å². The van der Waals surface area contributed by atoms with Gasteiger partial charge < -0.3 is 10.2 Å². The van der Waals surface area contributed by atoms with E-state index in [-0.39, 0.29) is 24.8 Å². The molecule has 1 heterocycles. The van der Waals surface area contributed by atoms with Crippen molar-refractivity contribution < 1.29 is 0 Å². The lowest BCUT2D eigenvalue weighted by Crippen LogP contribution is -2.36. The highest BCUT2D eigenvalue weighted by Gasteiger charge is 2.12. The highest BCUT2D eigenvalue weighted by molar-refractivity contribution is 5.85. The zero-order chi connectivity index (χ0) is 16.3. The van der Waals surface area contributed by atoms with Gasteiger partial charge >= 0.3 is 0 Å². The number of halogens is 2. The second kappa shape index (κ2) is 14.8. The molecular formula is C21H38Cl2N2. The average molecular weight is 389 g/mol. The monoisotopic (exact) mass is 388 g/mol. The minimum atomic E-state index is 0. The Hall–Kier alpha value is -0.280. The first-order valence-electron chi connectivity index (χ1n) is 9.73. The van der Waals surface area contributed by atoms with Crippen LogP contribution in [0.4, 0.5) is 0 Å². The smallest absolute Gasteiger partial charge is 0.0108 e. The molecule has 2 nitrogen and oxygen atoms in total. The maximum atomic E-state index is 3.84. The first-order chi connectivity index (χ1) is 11.2. The van der Waals surface area contributed by atoms with E-state index in [0.29, 0.717) is 6.04 Å². The summed E-state index contributed by atoms with van der Waals surface area (Å²) < 4.78 is 0. The third-order valence-electron chi connectivity index (χ3n) is 4.95.